The first-order valence-corrected chi connectivity index (χ1v) is 12.6. The van der Waals surface area contributed by atoms with E-state index in [1.165, 1.54) is 11.3 Å². The van der Waals surface area contributed by atoms with Crippen LogP contribution in [0.1, 0.15) is 12.6 Å². The summed E-state index contributed by atoms with van der Waals surface area (Å²) < 4.78 is 6.98. The summed E-state index contributed by atoms with van der Waals surface area (Å²) in [6.07, 6.45) is 1.75. The highest BCUT2D eigenvalue weighted by atomic mass is 32.1. The molecule has 2 aromatic heterocycles. The third-order valence-corrected chi connectivity index (χ3v) is 7.34. The molecular formula is C24H30N6O3S. The summed E-state index contributed by atoms with van der Waals surface area (Å²) in [5.74, 6) is 0.00501. The van der Waals surface area contributed by atoms with Crippen molar-refractivity contribution >= 4 is 33.6 Å². The number of morpholine rings is 1. The van der Waals surface area contributed by atoms with Gasteiger partial charge in [0.25, 0.3) is 5.56 Å². The molecule has 1 aromatic carbocycles. The molecule has 0 unspecified atom stereocenters. The lowest BCUT2D eigenvalue weighted by Gasteiger charge is -2.37. The number of carbonyl (C=O) groups is 1. The number of thiazole rings is 1. The molecule has 0 saturated carbocycles. The fourth-order valence-corrected chi connectivity index (χ4v) is 5.23. The van der Waals surface area contributed by atoms with Crippen LogP contribution >= 0.6 is 11.3 Å². The van der Waals surface area contributed by atoms with Gasteiger partial charge in [0.05, 0.1) is 24.9 Å². The van der Waals surface area contributed by atoms with Crippen LogP contribution in [0.4, 0.5) is 11.4 Å². The van der Waals surface area contributed by atoms with Crippen LogP contribution in [0.2, 0.25) is 0 Å². The van der Waals surface area contributed by atoms with Gasteiger partial charge in [-0.05, 0) is 31.2 Å². The van der Waals surface area contributed by atoms with Crippen molar-refractivity contribution in [2.75, 3.05) is 62.7 Å². The Morgan fingerprint density at radius 1 is 1.12 bits per heavy atom. The van der Waals surface area contributed by atoms with Gasteiger partial charge in [-0.15, -0.1) is 11.3 Å². The molecule has 180 valence electrons. The number of ether oxygens (including phenoxy) is 1. The second-order valence-electron chi connectivity index (χ2n) is 8.76. The predicted molar refractivity (Wildman–Crippen MR) is 134 cm³/mol. The molecule has 0 radical (unpaired) electrons. The number of aromatic nitrogens is 2. The zero-order valence-electron chi connectivity index (χ0n) is 19.4. The summed E-state index contributed by atoms with van der Waals surface area (Å²) >= 11 is 1.47. The van der Waals surface area contributed by atoms with Gasteiger partial charge in [0, 0.05) is 74.8 Å². The minimum Gasteiger partial charge on any atom is -0.378 e. The van der Waals surface area contributed by atoms with E-state index in [0.29, 0.717) is 6.54 Å². The van der Waals surface area contributed by atoms with Crippen LogP contribution in [0.3, 0.4) is 0 Å². The smallest absolute Gasteiger partial charge is 0.258 e. The number of hydrogen-bond acceptors (Lipinski definition) is 8. The Kier molecular flexibility index (Phi) is 6.91. The molecule has 0 aliphatic carbocycles. The lowest BCUT2D eigenvalue weighted by molar-refractivity contribution is -0.121. The minimum absolute atomic E-state index is 0.00501. The van der Waals surface area contributed by atoms with Crippen molar-refractivity contribution in [3.8, 4) is 0 Å². The summed E-state index contributed by atoms with van der Waals surface area (Å²) in [4.78, 5) is 37.2. The average molecular weight is 483 g/mol. The number of anilines is 2. The number of carbonyl (C=O) groups excluding carboxylic acids is 1. The molecule has 1 amide bonds. The van der Waals surface area contributed by atoms with Crippen LogP contribution < -0.4 is 15.8 Å². The van der Waals surface area contributed by atoms with Crippen LogP contribution in [0.25, 0.3) is 4.96 Å². The number of piperazine rings is 1. The zero-order chi connectivity index (χ0) is 23.5. The summed E-state index contributed by atoms with van der Waals surface area (Å²) in [5.41, 5.74) is 2.73. The van der Waals surface area contributed by atoms with Gasteiger partial charge in [-0.2, -0.15) is 0 Å². The number of hydrogen-bond donors (Lipinski definition) is 1. The summed E-state index contributed by atoms with van der Waals surface area (Å²) in [7, 11) is 0. The molecule has 0 spiro atoms. The monoisotopic (exact) mass is 482 g/mol. The Morgan fingerprint density at radius 3 is 2.59 bits per heavy atom. The van der Waals surface area contributed by atoms with Crippen LogP contribution in [0.5, 0.6) is 0 Å². The van der Waals surface area contributed by atoms with Crippen LogP contribution in [-0.4, -0.2) is 83.6 Å². The Hall–Kier alpha value is -2.79. The SMILES string of the molecule is C[C@@H](C(=O)Nc1ccc(N2CCOCC2)cc1)N1CCN(Cc2cc(=O)n3ccsc3n2)CC1. The van der Waals surface area contributed by atoms with Crippen molar-refractivity contribution in [1.29, 1.82) is 0 Å². The largest absolute Gasteiger partial charge is 0.378 e. The zero-order valence-corrected chi connectivity index (χ0v) is 20.2. The molecule has 10 heteroatoms. The molecule has 34 heavy (non-hydrogen) atoms. The van der Waals surface area contributed by atoms with E-state index < -0.39 is 0 Å². The average Bonchev–Trinajstić information content (AvgIpc) is 3.34. The fraction of sp³-hybridized carbons (Fsp3) is 0.458. The van der Waals surface area contributed by atoms with Gasteiger partial charge in [0.2, 0.25) is 5.91 Å². The van der Waals surface area contributed by atoms with Crippen molar-refractivity contribution in [3.05, 3.63) is 58.0 Å². The van der Waals surface area contributed by atoms with E-state index in [0.717, 1.165) is 74.5 Å². The molecule has 5 rings (SSSR count). The Bertz CT molecular complexity index is 1180. The summed E-state index contributed by atoms with van der Waals surface area (Å²) in [6.45, 7) is 9.15. The first kappa shape index (κ1) is 23.0. The molecule has 3 aromatic rings. The maximum absolute atomic E-state index is 12.9. The fourth-order valence-electron chi connectivity index (χ4n) is 4.50. The topological polar surface area (TPSA) is 82.4 Å². The van der Waals surface area contributed by atoms with Gasteiger partial charge in [0.1, 0.15) is 0 Å². The standard InChI is InChI=1S/C24H30N6O3S/c1-18(23(32)25-19-2-4-21(5-3-19)29-10-13-33-14-11-29)28-8-6-27(7-9-28)17-20-16-22(31)30-12-15-34-24(30)26-20/h2-5,12,15-16,18H,6-11,13-14,17H2,1H3,(H,25,32)/t18-/m0/s1. The van der Waals surface area contributed by atoms with Gasteiger partial charge in [-0.1, -0.05) is 0 Å². The van der Waals surface area contributed by atoms with Crippen LogP contribution in [0, 0.1) is 0 Å². The van der Waals surface area contributed by atoms with Crippen molar-refractivity contribution < 1.29 is 9.53 Å². The minimum atomic E-state index is -0.216. The number of nitrogens with zero attached hydrogens (tertiary/aromatic N) is 5. The van der Waals surface area contributed by atoms with Gasteiger partial charge in [0.15, 0.2) is 4.96 Å². The molecular weight excluding hydrogens is 452 g/mol. The molecule has 0 bridgehead atoms. The lowest BCUT2D eigenvalue weighted by atomic mass is 10.2. The van der Waals surface area contributed by atoms with Crippen molar-refractivity contribution in [2.24, 2.45) is 0 Å². The van der Waals surface area contributed by atoms with Gasteiger partial charge in [-0.25, -0.2) is 4.98 Å². The van der Waals surface area contributed by atoms with Crippen molar-refractivity contribution in [2.45, 2.75) is 19.5 Å². The number of nitrogens with one attached hydrogen (secondary N) is 1. The highest BCUT2D eigenvalue weighted by molar-refractivity contribution is 7.15. The van der Waals surface area contributed by atoms with Crippen molar-refractivity contribution in [1.82, 2.24) is 19.2 Å². The molecule has 2 saturated heterocycles. The Labute approximate surface area is 202 Å². The van der Waals surface area contributed by atoms with Crippen LogP contribution in [0.15, 0.2) is 46.7 Å². The van der Waals surface area contributed by atoms with E-state index >= 15 is 0 Å². The van der Waals surface area contributed by atoms with E-state index in [9.17, 15) is 9.59 Å². The Morgan fingerprint density at radius 2 is 1.85 bits per heavy atom. The van der Waals surface area contributed by atoms with Crippen LogP contribution in [-0.2, 0) is 16.1 Å². The third-order valence-electron chi connectivity index (χ3n) is 6.59. The van der Waals surface area contributed by atoms with E-state index in [1.807, 2.05) is 24.4 Å². The highest BCUT2D eigenvalue weighted by Gasteiger charge is 2.26. The first-order valence-electron chi connectivity index (χ1n) is 11.7. The maximum atomic E-state index is 12.9. The van der Waals surface area contributed by atoms with Gasteiger partial charge < -0.3 is 15.0 Å². The molecule has 4 heterocycles. The number of fused-ring (bicyclic) bond motifs is 1. The molecule has 1 N–H and O–H groups in total. The van der Waals surface area contributed by atoms with E-state index in [1.54, 1.807) is 16.7 Å². The third kappa shape index (κ3) is 5.15. The predicted octanol–water partition coefficient (Wildman–Crippen LogP) is 1.74. The van der Waals surface area contributed by atoms with E-state index in [-0.39, 0.29) is 17.5 Å². The van der Waals surface area contributed by atoms with Crippen molar-refractivity contribution in [3.63, 3.8) is 0 Å². The molecule has 2 aliphatic heterocycles. The Balaban J connectivity index is 1.12. The summed E-state index contributed by atoms with van der Waals surface area (Å²) in [6, 6.07) is 9.44. The van der Waals surface area contributed by atoms with Gasteiger partial charge in [-0.3, -0.25) is 23.8 Å². The number of rotatable bonds is 6. The normalized spacial score (nSPS) is 18.8. The quantitative estimate of drug-likeness (QED) is 0.573. The lowest BCUT2D eigenvalue weighted by Crippen LogP contribution is -2.52. The maximum Gasteiger partial charge on any atom is 0.258 e. The van der Waals surface area contributed by atoms with Gasteiger partial charge >= 0.3 is 0 Å². The number of benzene rings is 1. The molecule has 2 fully saturated rings. The number of amides is 1. The molecule has 9 nitrogen and oxygen atoms in total. The highest BCUT2D eigenvalue weighted by Crippen LogP contribution is 2.20. The second kappa shape index (κ2) is 10.2. The molecule has 1 atom stereocenters. The first-order chi connectivity index (χ1) is 16.6. The summed E-state index contributed by atoms with van der Waals surface area (Å²) in [5, 5.41) is 4.93. The second-order valence-corrected chi connectivity index (χ2v) is 9.64. The molecule has 2 aliphatic rings. The van der Waals surface area contributed by atoms with E-state index in [4.69, 9.17) is 4.74 Å². The van der Waals surface area contributed by atoms with E-state index in [2.05, 4.69) is 37.1 Å².